The van der Waals surface area contributed by atoms with Gasteiger partial charge in [-0.3, -0.25) is 4.79 Å². The standard InChI is InChI=1S/C22H30N2O5S2/c1-16-5-9-19(10-6-16)31(26,27)24-20(12-14-30-4)22(25)23-13-11-17-7-8-18(28-2)15-21(17)29-3/h5-10,15,20,24H,11-14H2,1-4H3,(H,23,25). The van der Waals surface area contributed by atoms with Crippen LogP contribution < -0.4 is 19.5 Å². The smallest absolute Gasteiger partial charge is 0.241 e. The van der Waals surface area contributed by atoms with Crippen molar-refractivity contribution in [2.75, 3.05) is 32.8 Å². The Morgan fingerprint density at radius 1 is 1.10 bits per heavy atom. The molecular formula is C22H30N2O5S2. The van der Waals surface area contributed by atoms with Gasteiger partial charge in [-0.05, 0) is 55.5 Å². The van der Waals surface area contributed by atoms with Gasteiger partial charge in [-0.25, -0.2) is 8.42 Å². The second kappa shape index (κ2) is 12.0. The van der Waals surface area contributed by atoms with Gasteiger partial charge in [0.15, 0.2) is 0 Å². The SMILES string of the molecule is COc1ccc(CCNC(=O)C(CCSC)NS(=O)(=O)c2ccc(C)cc2)c(OC)c1. The maximum absolute atomic E-state index is 12.8. The van der Waals surface area contributed by atoms with Crippen LogP contribution in [0.1, 0.15) is 17.5 Å². The van der Waals surface area contributed by atoms with Crippen LogP contribution in [0.3, 0.4) is 0 Å². The zero-order valence-corrected chi connectivity index (χ0v) is 19.9. The van der Waals surface area contributed by atoms with Crippen molar-refractivity contribution in [1.82, 2.24) is 10.0 Å². The Morgan fingerprint density at radius 3 is 2.42 bits per heavy atom. The van der Waals surface area contributed by atoms with Crippen LogP contribution in [0.4, 0.5) is 0 Å². The van der Waals surface area contributed by atoms with Gasteiger partial charge in [0.1, 0.15) is 17.5 Å². The summed E-state index contributed by atoms with van der Waals surface area (Å²) in [5.41, 5.74) is 1.88. The predicted octanol–water partition coefficient (Wildman–Crippen LogP) is 2.77. The highest BCUT2D eigenvalue weighted by atomic mass is 32.2. The number of amides is 1. The molecule has 0 saturated heterocycles. The van der Waals surface area contributed by atoms with Gasteiger partial charge in [-0.15, -0.1) is 0 Å². The molecule has 9 heteroatoms. The molecule has 0 saturated carbocycles. The normalized spacial score (nSPS) is 12.3. The van der Waals surface area contributed by atoms with E-state index in [0.29, 0.717) is 36.6 Å². The van der Waals surface area contributed by atoms with Crippen LogP contribution in [0, 0.1) is 6.92 Å². The average Bonchev–Trinajstić information content (AvgIpc) is 2.76. The van der Waals surface area contributed by atoms with E-state index in [4.69, 9.17) is 9.47 Å². The molecule has 0 aliphatic carbocycles. The van der Waals surface area contributed by atoms with Gasteiger partial charge in [0, 0.05) is 12.6 Å². The summed E-state index contributed by atoms with van der Waals surface area (Å²) >= 11 is 1.56. The fraction of sp³-hybridized carbons (Fsp3) is 0.409. The van der Waals surface area contributed by atoms with E-state index in [0.717, 1.165) is 11.1 Å². The molecule has 170 valence electrons. The van der Waals surface area contributed by atoms with E-state index < -0.39 is 16.1 Å². The molecule has 1 amide bonds. The number of aryl methyl sites for hydroxylation is 1. The van der Waals surface area contributed by atoms with Crippen LogP contribution >= 0.6 is 11.8 Å². The van der Waals surface area contributed by atoms with E-state index in [2.05, 4.69) is 10.0 Å². The van der Waals surface area contributed by atoms with E-state index in [-0.39, 0.29) is 10.8 Å². The number of hydrogen-bond donors (Lipinski definition) is 2. The molecule has 0 aliphatic rings. The van der Waals surface area contributed by atoms with Crippen LogP contribution in [0.5, 0.6) is 11.5 Å². The molecular weight excluding hydrogens is 436 g/mol. The lowest BCUT2D eigenvalue weighted by Crippen LogP contribution is -2.47. The third-order valence-electron chi connectivity index (χ3n) is 4.74. The van der Waals surface area contributed by atoms with Crippen molar-refractivity contribution in [2.24, 2.45) is 0 Å². The van der Waals surface area contributed by atoms with Gasteiger partial charge in [0.2, 0.25) is 15.9 Å². The van der Waals surface area contributed by atoms with Gasteiger partial charge in [-0.1, -0.05) is 23.8 Å². The van der Waals surface area contributed by atoms with Crippen molar-refractivity contribution in [3.8, 4) is 11.5 Å². The van der Waals surface area contributed by atoms with Crippen molar-refractivity contribution in [3.63, 3.8) is 0 Å². The number of thioether (sulfide) groups is 1. The van der Waals surface area contributed by atoms with Crippen LogP contribution in [0.25, 0.3) is 0 Å². The number of benzene rings is 2. The Hall–Kier alpha value is -2.23. The maximum atomic E-state index is 12.8. The average molecular weight is 467 g/mol. The molecule has 0 radical (unpaired) electrons. The summed E-state index contributed by atoms with van der Waals surface area (Å²) in [6.07, 6.45) is 2.85. The van der Waals surface area contributed by atoms with E-state index in [9.17, 15) is 13.2 Å². The number of sulfonamides is 1. The topological polar surface area (TPSA) is 93.7 Å². The van der Waals surface area contributed by atoms with Gasteiger partial charge in [0.25, 0.3) is 0 Å². The highest BCUT2D eigenvalue weighted by molar-refractivity contribution is 7.98. The number of rotatable bonds is 12. The van der Waals surface area contributed by atoms with Gasteiger partial charge in [-0.2, -0.15) is 16.5 Å². The summed E-state index contributed by atoms with van der Waals surface area (Å²) in [6.45, 7) is 2.24. The monoisotopic (exact) mass is 466 g/mol. The Morgan fingerprint density at radius 2 is 1.81 bits per heavy atom. The second-order valence-corrected chi connectivity index (χ2v) is 9.69. The first-order chi connectivity index (χ1) is 14.8. The summed E-state index contributed by atoms with van der Waals surface area (Å²) in [5, 5.41) is 2.84. The van der Waals surface area contributed by atoms with Gasteiger partial charge in [0.05, 0.1) is 19.1 Å². The number of methoxy groups -OCH3 is 2. The maximum Gasteiger partial charge on any atom is 0.241 e. The molecule has 0 aliphatic heterocycles. The molecule has 0 heterocycles. The quantitative estimate of drug-likeness (QED) is 0.500. The number of ether oxygens (including phenoxy) is 2. The van der Waals surface area contributed by atoms with E-state index in [1.807, 2.05) is 25.3 Å². The molecule has 2 aromatic carbocycles. The van der Waals surface area contributed by atoms with Crippen LogP contribution in [-0.2, 0) is 21.2 Å². The molecule has 0 fully saturated rings. The van der Waals surface area contributed by atoms with Crippen molar-refractivity contribution in [1.29, 1.82) is 0 Å². The van der Waals surface area contributed by atoms with Crippen molar-refractivity contribution >= 4 is 27.7 Å². The minimum atomic E-state index is -3.80. The van der Waals surface area contributed by atoms with E-state index in [1.165, 1.54) is 12.1 Å². The summed E-state index contributed by atoms with van der Waals surface area (Å²) < 4.78 is 38.6. The molecule has 0 aromatic heterocycles. The number of hydrogen-bond acceptors (Lipinski definition) is 6. The third-order valence-corrected chi connectivity index (χ3v) is 6.88. The zero-order valence-electron chi connectivity index (χ0n) is 18.3. The molecule has 31 heavy (non-hydrogen) atoms. The fourth-order valence-electron chi connectivity index (χ4n) is 2.95. The lowest BCUT2D eigenvalue weighted by molar-refractivity contribution is -0.122. The molecule has 7 nitrogen and oxygen atoms in total. The van der Waals surface area contributed by atoms with E-state index in [1.54, 1.807) is 44.2 Å². The fourth-order valence-corrected chi connectivity index (χ4v) is 4.66. The highest BCUT2D eigenvalue weighted by Crippen LogP contribution is 2.24. The minimum Gasteiger partial charge on any atom is -0.497 e. The Labute approximate surface area is 189 Å². The van der Waals surface area contributed by atoms with Crippen molar-refractivity contribution < 1.29 is 22.7 Å². The van der Waals surface area contributed by atoms with Crippen LogP contribution in [0.15, 0.2) is 47.4 Å². The Bertz CT molecular complexity index is 962. The molecule has 0 spiro atoms. The first kappa shape index (κ1) is 25.0. The van der Waals surface area contributed by atoms with Crippen molar-refractivity contribution in [2.45, 2.75) is 30.7 Å². The lowest BCUT2D eigenvalue weighted by Gasteiger charge is -2.19. The molecule has 2 aromatic rings. The highest BCUT2D eigenvalue weighted by Gasteiger charge is 2.25. The Kier molecular flexibility index (Phi) is 9.67. The first-order valence-corrected chi connectivity index (χ1v) is 12.7. The van der Waals surface area contributed by atoms with Crippen LogP contribution in [0.2, 0.25) is 0 Å². The summed E-state index contributed by atoms with van der Waals surface area (Å²) in [5.74, 6) is 1.66. The Balaban J connectivity index is 2.03. The molecule has 2 rings (SSSR count). The molecule has 2 N–H and O–H groups in total. The summed E-state index contributed by atoms with van der Waals surface area (Å²) in [4.78, 5) is 12.9. The zero-order chi connectivity index (χ0) is 22.9. The number of carbonyl (C=O) groups is 1. The third kappa shape index (κ3) is 7.45. The number of nitrogens with one attached hydrogen (secondary N) is 2. The predicted molar refractivity (Wildman–Crippen MR) is 125 cm³/mol. The van der Waals surface area contributed by atoms with Crippen LogP contribution in [-0.4, -0.2) is 53.1 Å². The molecule has 1 unspecified atom stereocenters. The first-order valence-electron chi connectivity index (χ1n) is 9.87. The number of carbonyl (C=O) groups excluding carboxylic acids is 1. The second-order valence-electron chi connectivity index (χ2n) is 6.99. The lowest BCUT2D eigenvalue weighted by atomic mass is 10.1. The minimum absolute atomic E-state index is 0.142. The summed E-state index contributed by atoms with van der Waals surface area (Å²) in [6, 6.07) is 11.2. The van der Waals surface area contributed by atoms with Gasteiger partial charge < -0.3 is 14.8 Å². The van der Waals surface area contributed by atoms with Crippen molar-refractivity contribution in [3.05, 3.63) is 53.6 Å². The largest absolute Gasteiger partial charge is 0.497 e. The summed E-state index contributed by atoms with van der Waals surface area (Å²) in [7, 11) is -0.638. The van der Waals surface area contributed by atoms with E-state index >= 15 is 0 Å². The molecule has 0 bridgehead atoms. The van der Waals surface area contributed by atoms with Gasteiger partial charge >= 0.3 is 0 Å². The molecule has 1 atom stereocenters.